The Hall–Kier alpha value is -2.75. The average Bonchev–Trinajstić information content (AvgIpc) is 3.42. The summed E-state index contributed by atoms with van der Waals surface area (Å²) in [4.78, 5) is 17.0. The zero-order valence-corrected chi connectivity index (χ0v) is 17.3. The number of carbonyl (C=O) groups is 1. The van der Waals surface area contributed by atoms with E-state index in [1.807, 2.05) is 35.0 Å². The van der Waals surface area contributed by atoms with Crippen molar-refractivity contribution in [2.75, 3.05) is 19.7 Å². The van der Waals surface area contributed by atoms with E-state index in [2.05, 4.69) is 15.0 Å². The van der Waals surface area contributed by atoms with E-state index in [1.54, 1.807) is 0 Å². The fourth-order valence-corrected chi connectivity index (χ4v) is 4.46. The van der Waals surface area contributed by atoms with Crippen molar-refractivity contribution in [3.8, 4) is 0 Å². The summed E-state index contributed by atoms with van der Waals surface area (Å²) < 4.78 is 34.7. The van der Waals surface area contributed by atoms with Crippen LogP contribution in [0.15, 0.2) is 59.8 Å². The SMILES string of the molecule is O=C(NCCc1cn2ccccc2n1)c1ccc(S(=O)(=O)NC[C@H]2CCCO2)cc1. The number of rotatable bonds is 8. The topological polar surface area (TPSA) is 102 Å². The largest absolute Gasteiger partial charge is 0.377 e. The molecule has 8 nitrogen and oxygen atoms in total. The molecule has 158 valence electrons. The van der Waals surface area contributed by atoms with Gasteiger partial charge in [0, 0.05) is 44.1 Å². The standard InChI is InChI=1S/C21H24N4O4S/c26-21(22-11-10-17-15-25-12-2-1-5-20(25)24-17)16-6-8-19(9-7-16)30(27,28)23-14-18-4-3-13-29-18/h1-2,5-9,12,15,18,23H,3-4,10-11,13-14H2,(H,22,26)/t18-/m1/s1. The van der Waals surface area contributed by atoms with Gasteiger partial charge in [-0.25, -0.2) is 18.1 Å². The maximum absolute atomic E-state index is 12.4. The van der Waals surface area contributed by atoms with Crippen molar-refractivity contribution in [3.63, 3.8) is 0 Å². The number of imidazole rings is 1. The molecule has 30 heavy (non-hydrogen) atoms. The highest BCUT2D eigenvalue weighted by molar-refractivity contribution is 7.89. The lowest BCUT2D eigenvalue weighted by molar-refractivity contribution is 0.0954. The average molecular weight is 429 g/mol. The third-order valence-corrected chi connectivity index (χ3v) is 6.47. The smallest absolute Gasteiger partial charge is 0.251 e. The number of amides is 1. The number of pyridine rings is 1. The van der Waals surface area contributed by atoms with Gasteiger partial charge in [0.1, 0.15) is 5.65 Å². The van der Waals surface area contributed by atoms with Crippen LogP contribution in [0.3, 0.4) is 0 Å². The summed E-state index contributed by atoms with van der Waals surface area (Å²) in [6.07, 6.45) is 6.20. The number of hydrogen-bond donors (Lipinski definition) is 2. The first-order valence-electron chi connectivity index (χ1n) is 9.93. The Morgan fingerprint density at radius 3 is 2.77 bits per heavy atom. The lowest BCUT2D eigenvalue weighted by Gasteiger charge is -2.11. The predicted octanol–water partition coefficient (Wildman–Crippen LogP) is 1.76. The van der Waals surface area contributed by atoms with Gasteiger partial charge in [-0.15, -0.1) is 0 Å². The minimum absolute atomic E-state index is 0.0715. The van der Waals surface area contributed by atoms with E-state index < -0.39 is 10.0 Å². The van der Waals surface area contributed by atoms with Crippen molar-refractivity contribution in [3.05, 3.63) is 66.1 Å². The summed E-state index contributed by atoms with van der Waals surface area (Å²) in [7, 11) is -3.63. The van der Waals surface area contributed by atoms with Gasteiger partial charge in [-0.1, -0.05) is 6.07 Å². The van der Waals surface area contributed by atoms with E-state index in [4.69, 9.17) is 4.74 Å². The van der Waals surface area contributed by atoms with Crippen LogP contribution in [0.2, 0.25) is 0 Å². The second-order valence-electron chi connectivity index (χ2n) is 7.22. The number of hydrogen-bond acceptors (Lipinski definition) is 5. The van der Waals surface area contributed by atoms with Crippen molar-refractivity contribution in [2.24, 2.45) is 0 Å². The quantitative estimate of drug-likeness (QED) is 0.569. The van der Waals surface area contributed by atoms with Crippen LogP contribution in [-0.4, -0.2) is 49.5 Å². The molecule has 1 amide bonds. The summed E-state index contributed by atoms with van der Waals surface area (Å²) in [6.45, 7) is 1.37. The molecule has 0 bridgehead atoms. The third kappa shape index (κ3) is 4.86. The Bertz CT molecular complexity index is 1090. The number of aromatic nitrogens is 2. The summed E-state index contributed by atoms with van der Waals surface area (Å²) in [5.41, 5.74) is 2.16. The fourth-order valence-electron chi connectivity index (χ4n) is 3.39. The van der Waals surface area contributed by atoms with E-state index >= 15 is 0 Å². The monoisotopic (exact) mass is 428 g/mol. The molecule has 1 aromatic carbocycles. The maximum atomic E-state index is 12.4. The van der Waals surface area contributed by atoms with Crippen LogP contribution in [0.4, 0.5) is 0 Å². The number of nitrogens with one attached hydrogen (secondary N) is 2. The molecule has 2 N–H and O–H groups in total. The molecule has 0 spiro atoms. The number of sulfonamides is 1. The van der Waals surface area contributed by atoms with E-state index in [9.17, 15) is 13.2 Å². The molecule has 4 rings (SSSR count). The van der Waals surface area contributed by atoms with Gasteiger partial charge in [-0.05, 0) is 49.2 Å². The van der Waals surface area contributed by atoms with Crippen molar-refractivity contribution < 1.29 is 17.9 Å². The Labute approximate surface area is 175 Å². The molecule has 3 heterocycles. The van der Waals surface area contributed by atoms with Crippen LogP contribution in [-0.2, 0) is 21.2 Å². The van der Waals surface area contributed by atoms with Gasteiger partial charge >= 0.3 is 0 Å². The summed E-state index contributed by atoms with van der Waals surface area (Å²) in [5, 5.41) is 2.84. The summed E-state index contributed by atoms with van der Waals surface area (Å²) >= 11 is 0. The van der Waals surface area contributed by atoms with Crippen molar-refractivity contribution in [1.82, 2.24) is 19.4 Å². The van der Waals surface area contributed by atoms with E-state index in [0.29, 0.717) is 25.1 Å². The highest BCUT2D eigenvalue weighted by Crippen LogP contribution is 2.14. The molecule has 0 aliphatic carbocycles. The fraction of sp³-hybridized carbons (Fsp3) is 0.333. The lowest BCUT2D eigenvalue weighted by Crippen LogP contribution is -2.32. The Balaban J connectivity index is 1.29. The maximum Gasteiger partial charge on any atom is 0.251 e. The highest BCUT2D eigenvalue weighted by Gasteiger charge is 2.20. The molecule has 1 atom stereocenters. The van der Waals surface area contributed by atoms with Crippen LogP contribution >= 0.6 is 0 Å². The van der Waals surface area contributed by atoms with Crippen molar-refractivity contribution in [1.29, 1.82) is 0 Å². The van der Waals surface area contributed by atoms with Gasteiger partial charge in [0.2, 0.25) is 10.0 Å². The zero-order valence-electron chi connectivity index (χ0n) is 16.5. The van der Waals surface area contributed by atoms with E-state index in [1.165, 1.54) is 24.3 Å². The van der Waals surface area contributed by atoms with Gasteiger partial charge in [-0.3, -0.25) is 4.79 Å². The normalized spacial score (nSPS) is 16.7. The lowest BCUT2D eigenvalue weighted by atomic mass is 10.2. The second-order valence-corrected chi connectivity index (χ2v) is 8.98. The first-order chi connectivity index (χ1) is 14.5. The Morgan fingerprint density at radius 2 is 2.03 bits per heavy atom. The molecule has 1 saturated heterocycles. The van der Waals surface area contributed by atoms with E-state index in [-0.39, 0.29) is 23.5 Å². The molecule has 0 saturated carbocycles. The molecular weight excluding hydrogens is 404 g/mol. The van der Waals surface area contributed by atoms with Crippen LogP contribution in [0.1, 0.15) is 28.9 Å². The number of carbonyl (C=O) groups excluding carboxylic acids is 1. The van der Waals surface area contributed by atoms with E-state index in [0.717, 1.165) is 24.2 Å². The molecular formula is C21H24N4O4S. The van der Waals surface area contributed by atoms with Crippen molar-refractivity contribution in [2.45, 2.75) is 30.3 Å². The Kier molecular flexibility index (Phi) is 6.12. The van der Waals surface area contributed by atoms with Gasteiger partial charge in [0.15, 0.2) is 0 Å². The minimum atomic E-state index is -3.63. The summed E-state index contributed by atoms with van der Waals surface area (Å²) in [6, 6.07) is 11.7. The van der Waals surface area contributed by atoms with Gasteiger partial charge < -0.3 is 14.5 Å². The molecule has 9 heteroatoms. The highest BCUT2D eigenvalue weighted by atomic mass is 32.2. The molecule has 0 radical (unpaired) electrons. The molecule has 2 aromatic heterocycles. The van der Waals surface area contributed by atoms with Crippen LogP contribution in [0.25, 0.3) is 5.65 Å². The Morgan fingerprint density at radius 1 is 1.20 bits per heavy atom. The number of nitrogens with zero attached hydrogens (tertiary/aromatic N) is 2. The second kappa shape index (κ2) is 8.95. The van der Waals surface area contributed by atoms with Gasteiger partial charge in [0.25, 0.3) is 5.91 Å². The minimum Gasteiger partial charge on any atom is -0.377 e. The van der Waals surface area contributed by atoms with Gasteiger partial charge in [0.05, 0.1) is 16.7 Å². The van der Waals surface area contributed by atoms with Crippen molar-refractivity contribution >= 4 is 21.6 Å². The first-order valence-corrected chi connectivity index (χ1v) is 11.4. The molecule has 0 unspecified atom stereocenters. The molecule has 1 aliphatic heterocycles. The van der Waals surface area contributed by atoms with Crippen LogP contribution in [0.5, 0.6) is 0 Å². The predicted molar refractivity (Wildman–Crippen MR) is 112 cm³/mol. The zero-order chi connectivity index (χ0) is 21.0. The molecule has 1 aliphatic rings. The van der Waals surface area contributed by atoms with Gasteiger partial charge in [-0.2, -0.15) is 0 Å². The number of benzene rings is 1. The van der Waals surface area contributed by atoms with Crippen LogP contribution in [0, 0.1) is 0 Å². The third-order valence-electron chi connectivity index (χ3n) is 5.03. The molecule has 3 aromatic rings. The molecule has 1 fully saturated rings. The van der Waals surface area contributed by atoms with Crippen LogP contribution < -0.4 is 10.0 Å². The number of fused-ring (bicyclic) bond motifs is 1. The first kappa shape index (κ1) is 20.5. The number of ether oxygens (including phenoxy) is 1. The summed E-state index contributed by atoms with van der Waals surface area (Å²) in [5.74, 6) is -0.255.